The maximum atomic E-state index is 5.55. The smallest absolute Gasteiger partial charge is 0.159 e. The molecule has 0 atom stereocenters. The molecule has 0 saturated carbocycles. The van der Waals surface area contributed by atoms with Crippen LogP contribution in [0.3, 0.4) is 0 Å². The molecule has 0 amide bonds. The third-order valence-corrected chi connectivity index (χ3v) is 2.54. The number of aromatic nitrogens is 2. The van der Waals surface area contributed by atoms with E-state index < -0.39 is 0 Å². The van der Waals surface area contributed by atoms with E-state index in [-0.39, 0.29) is 0 Å². The molecule has 0 bridgehead atoms. The lowest BCUT2D eigenvalue weighted by Crippen LogP contribution is -2.01. The minimum atomic E-state index is 0.447. The highest BCUT2D eigenvalue weighted by Crippen LogP contribution is 2.15. The Kier molecular flexibility index (Phi) is 3.27. The summed E-state index contributed by atoms with van der Waals surface area (Å²) in [7, 11) is 0. The monoisotopic (exact) mass is 213 g/mol. The van der Waals surface area contributed by atoms with Crippen molar-refractivity contribution in [3.05, 3.63) is 47.8 Å². The summed E-state index contributed by atoms with van der Waals surface area (Å²) in [5, 5.41) is 0. The molecule has 1 aromatic carbocycles. The maximum Gasteiger partial charge on any atom is 0.159 e. The van der Waals surface area contributed by atoms with Gasteiger partial charge in [0.25, 0.3) is 0 Å². The highest BCUT2D eigenvalue weighted by Gasteiger charge is 2.01. The van der Waals surface area contributed by atoms with Crippen LogP contribution in [-0.4, -0.2) is 9.97 Å². The lowest BCUT2D eigenvalue weighted by atomic mass is 10.1. The van der Waals surface area contributed by atoms with E-state index in [1.54, 1.807) is 6.20 Å². The van der Waals surface area contributed by atoms with Crippen LogP contribution in [0.2, 0.25) is 0 Å². The van der Waals surface area contributed by atoms with Gasteiger partial charge in [-0.05, 0) is 18.1 Å². The fraction of sp³-hybridized carbons (Fsp3) is 0.231. The molecule has 0 radical (unpaired) electrons. The molecule has 82 valence electrons. The van der Waals surface area contributed by atoms with Crippen molar-refractivity contribution in [1.82, 2.24) is 9.97 Å². The van der Waals surface area contributed by atoms with Gasteiger partial charge in [0, 0.05) is 18.3 Å². The molecule has 16 heavy (non-hydrogen) atoms. The summed E-state index contributed by atoms with van der Waals surface area (Å²) in [6, 6.07) is 10.1. The molecular formula is C13H15N3. The van der Waals surface area contributed by atoms with Crippen LogP contribution in [0, 0.1) is 0 Å². The summed E-state index contributed by atoms with van der Waals surface area (Å²) in [5.74, 6) is 0.741. The average molecular weight is 213 g/mol. The number of hydrogen-bond acceptors (Lipinski definition) is 3. The molecule has 0 fully saturated rings. The topological polar surface area (TPSA) is 51.8 Å². The molecule has 3 nitrogen and oxygen atoms in total. The first-order valence-corrected chi connectivity index (χ1v) is 5.44. The Bertz CT molecular complexity index is 463. The van der Waals surface area contributed by atoms with Gasteiger partial charge in [-0.15, -0.1) is 0 Å². The van der Waals surface area contributed by atoms with Crippen LogP contribution < -0.4 is 5.73 Å². The molecule has 2 aromatic rings. The van der Waals surface area contributed by atoms with E-state index in [4.69, 9.17) is 5.73 Å². The lowest BCUT2D eigenvalue weighted by molar-refractivity contribution is 0.969. The molecule has 0 unspecified atom stereocenters. The fourth-order valence-corrected chi connectivity index (χ4v) is 1.54. The number of rotatable bonds is 3. The number of hydrogen-bond donors (Lipinski definition) is 1. The fourth-order valence-electron chi connectivity index (χ4n) is 1.54. The Morgan fingerprint density at radius 2 is 1.88 bits per heavy atom. The zero-order valence-electron chi connectivity index (χ0n) is 9.35. The van der Waals surface area contributed by atoms with Crippen molar-refractivity contribution >= 4 is 0 Å². The van der Waals surface area contributed by atoms with Crippen molar-refractivity contribution in [2.24, 2.45) is 5.73 Å². The first kappa shape index (κ1) is 10.8. The van der Waals surface area contributed by atoms with E-state index in [0.29, 0.717) is 6.54 Å². The molecule has 2 rings (SSSR count). The highest BCUT2D eigenvalue weighted by molar-refractivity contribution is 5.55. The van der Waals surface area contributed by atoms with Crippen LogP contribution >= 0.6 is 0 Å². The Morgan fingerprint density at radius 3 is 2.50 bits per heavy atom. The Hall–Kier alpha value is -1.74. The van der Waals surface area contributed by atoms with E-state index in [2.05, 4.69) is 41.2 Å². The van der Waals surface area contributed by atoms with Crippen molar-refractivity contribution in [3.8, 4) is 11.4 Å². The summed E-state index contributed by atoms with van der Waals surface area (Å²) in [6.07, 6.45) is 2.79. The maximum absolute atomic E-state index is 5.55. The second kappa shape index (κ2) is 4.86. The number of nitrogens with two attached hydrogens (primary N) is 1. The zero-order valence-corrected chi connectivity index (χ0v) is 9.35. The van der Waals surface area contributed by atoms with Gasteiger partial charge in [-0.3, -0.25) is 0 Å². The molecule has 2 N–H and O–H groups in total. The standard InChI is InChI=1S/C13H15N3/c1-2-10-3-5-11(6-4-10)13-15-8-7-12(9-14)16-13/h3-8H,2,9,14H2,1H3. The van der Waals surface area contributed by atoms with E-state index in [1.807, 2.05) is 6.07 Å². The highest BCUT2D eigenvalue weighted by atomic mass is 14.9. The van der Waals surface area contributed by atoms with Crippen molar-refractivity contribution in [2.75, 3.05) is 0 Å². The molecule has 3 heteroatoms. The largest absolute Gasteiger partial charge is 0.325 e. The van der Waals surface area contributed by atoms with E-state index in [1.165, 1.54) is 5.56 Å². The number of aryl methyl sites for hydroxylation is 1. The summed E-state index contributed by atoms with van der Waals surface area (Å²) in [6.45, 7) is 2.59. The van der Waals surface area contributed by atoms with Crippen molar-refractivity contribution < 1.29 is 0 Å². The SMILES string of the molecule is CCc1ccc(-c2nccc(CN)n2)cc1. The Morgan fingerprint density at radius 1 is 1.12 bits per heavy atom. The summed E-state index contributed by atoms with van der Waals surface area (Å²) < 4.78 is 0. The van der Waals surface area contributed by atoms with Crippen molar-refractivity contribution in [1.29, 1.82) is 0 Å². The minimum absolute atomic E-state index is 0.447. The molecule has 1 heterocycles. The summed E-state index contributed by atoms with van der Waals surface area (Å²) in [5.41, 5.74) is 8.77. The predicted molar refractivity (Wildman–Crippen MR) is 64.7 cm³/mol. The van der Waals surface area contributed by atoms with E-state index >= 15 is 0 Å². The predicted octanol–water partition coefficient (Wildman–Crippen LogP) is 2.16. The van der Waals surface area contributed by atoms with Crippen molar-refractivity contribution in [3.63, 3.8) is 0 Å². The van der Waals surface area contributed by atoms with Gasteiger partial charge in [0.1, 0.15) is 0 Å². The molecule has 0 spiro atoms. The van der Waals surface area contributed by atoms with Gasteiger partial charge in [0.15, 0.2) is 5.82 Å². The quantitative estimate of drug-likeness (QED) is 0.850. The minimum Gasteiger partial charge on any atom is -0.325 e. The average Bonchev–Trinajstić information content (AvgIpc) is 2.39. The third-order valence-electron chi connectivity index (χ3n) is 2.54. The lowest BCUT2D eigenvalue weighted by Gasteiger charge is -2.03. The molecular weight excluding hydrogens is 198 g/mol. The normalized spacial score (nSPS) is 10.4. The van der Waals surface area contributed by atoms with Gasteiger partial charge in [0.2, 0.25) is 0 Å². The molecule has 0 saturated heterocycles. The summed E-state index contributed by atoms with van der Waals surface area (Å²) >= 11 is 0. The van der Waals surface area contributed by atoms with Crippen LogP contribution in [-0.2, 0) is 13.0 Å². The van der Waals surface area contributed by atoms with E-state index in [0.717, 1.165) is 23.5 Å². The molecule has 0 aliphatic heterocycles. The second-order valence-electron chi connectivity index (χ2n) is 3.63. The van der Waals surface area contributed by atoms with Gasteiger partial charge < -0.3 is 5.73 Å². The first-order valence-electron chi connectivity index (χ1n) is 5.44. The zero-order chi connectivity index (χ0) is 11.4. The molecule has 0 aliphatic carbocycles. The Balaban J connectivity index is 2.34. The molecule has 0 aliphatic rings. The van der Waals surface area contributed by atoms with Gasteiger partial charge >= 0.3 is 0 Å². The van der Waals surface area contributed by atoms with Gasteiger partial charge in [-0.25, -0.2) is 9.97 Å². The number of benzene rings is 1. The van der Waals surface area contributed by atoms with Crippen molar-refractivity contribution in [2.45, 2.75) is 19.9 Å². The van der Waals surface area contributed by atoms with E-state index in [9.17, 15) is 0 Å². The summed E-state index contributed by atoms with van der Waals surface area (Å²) in [4.78, 5) is 8.63. The van der Waals surface area contributed by atoms with Gasteiger partial charge in [0.05, 0.1) is 5.69 Å². The van der Waals surface area contributed by atoms with Crippen LogP contribution in [0.25, 0.3) is 11.4 Å². The third kappa shape index (κ3) is 2.25. The second-order valence-corrected chi connectivity index (χ2v) is 3.63. The molecule has 1 aromatic heterocycles. The first-order chi connectivity index (χ1) is 7.83. The van der Waals surface area contributed by atoms with Gasteiger partial charge in [-0.1, -0.05) is 31.2 Å². The van der Waals surface area contributed by atoms with Crippen LogP contribution in [0.15, 0.2) is 36.5 Å². The number of nitrogens with zero attached hydrogens (tertiary/aromatic N) is 2. The van der Waals surface area contributed by atoms with Crippen LogP contribution in [0.4, 0.5) is 0 Å². The van der Waals surface area contributed by atoms with Gasteiger partial charge in [-0.2, -0.15) is 0 Å². The van der Waals surface area contributed by atoms with Crippen LogP contribution in [0.1, 0.15) is 18.2 Å². The Labute approximate surface area is 95.4 Å². The van der Waals surface area contributed by atoms with Crippen LogP contribution in [0.5, 0.6) is 0 Å².